The number of likely N-dealkylation sites (tertiary alicyclic amines) is 1. The first kappa shape index (κ1) is 23.0. The Morgan fingerprint density at radius 2 is 1.77 bits per heavy atom. The minimum atomic E-state index is -3.33. The van der Waals surface area contributed by atoms with Crippen LogP contribution < -0.4 is 10.0 Å². The third-order valence-electron chi connectivity index (χ3n) is 6.16. The number of nitrogens with one attached hydrogen (secondary N) is 2. The van der Waals surface area contributed by atoms with Gasteiger partial charge in [-0.1, -0.05) is 0 Å². The van der Waals surface area contributed by atoms with Crippen molar-refractivity contribution in [3.05, 3.63) is 29.6 Å². The van der Waals surface area contributed by atoms with Crippen molar-refractivity contribution in [2.45, 2.75) is 70.1 Å². The summed E-state index contributed by atoms with van der Waals surface area (Å²) in [5, 5.41) is 3.34. The molecule has 1 saturated heterocycles. The van der Waals surface area contributed by atoms with Crippen molar-refractivity contribution < 1.29 is 17.6 Å². The van der Waals surface area contributed by atoms with Gasteiger partial charge in [0.15, 0.2) is 0 Å². The lowest BCUT2D eigenvalue weighted by Gasteiger charge is -2.31. The number of amides is 1. The van der Waals surface area contributed by atoms with Gasteiger partial charge in [0.1, 0.15) is 5.82 Å². The van der Waals surface area contributed by atoms with Crippen LogP contribution in [0.25, 0.3) is 0 Å². The zero-order valence-electron chi connectivity index (χ0n) is 18.2. The van der Waals surface area contributed by atoms with Gasteiger partial charge in [-0.3, -0.25) is 4.79 Å². The van der Waals surface area contributed by atoms with E-state index in [2.05, 4.69) is 10.0 Å². The lowest BCUT2D eigenvalue weighted by Crippen LogP contribution is -2.46. The molecule has 0 bridgehead atoms. The SMILES string of the molecule is CC(C)(C)S(=O)(=O)N[C@H]1CC[C@H](CNc2ccc(F)c(C(=O)N3CCCC3)c2)CC1. The summed E-state index contributed by atoms with van der Waals surface area (Å²) in [4.78, 5) is 14.3. The van der Waals surface area contributed by atoms with Crippen LogP contribution in [-0.2, 0) is 10.0 Å². The maximum atomic E-state index is 14.2. The highest BCUT2D eigenvalue weighted by Gasteiger charge is 2.32. The molecule has 2 N–H and O–H groups in total. The van der Waals surface area contributed by atoms with Crippen LogP contribution in [-0.4, -0.2) is 49.6 Å². The second-order valence-electron chi connectivity index (χ2n) is 9.53. The number of halogens is 1. The molecule has 1 saturated carbocycles. The van der Waals surface area contributed by atoms with Crippen LogP contribution in [0.1, 0.15) is 69.7 Å². The van der Waals surface area contributed by atoms with Gasteiger partial charge in [-0.2, -0.15) is 0 Å². The number of nitrogens with zero attached hydrogens (tertiary/aromatic N) is 1. The van der Waals surface area contributed by atoms with Crippen molar-refractivity contribution in [2.24, 2.45) is 5.92 Å². The van der Waals surface area contributed by atoms with Crippen molar-refractivity contribution in [3.8, 4) is 0 Å². The van der Waals surface area contributed by atoms with E-state index in [1.807, 2.05) is 0 Å². The summed E-state index contributed by atoms with van der Waals surface area (Å²) in [7, 11) is -3.33. The fourth-order valence-electron chi connectivity index (χ4n) is 4.03. The van der Waals surface area contributed by atoms with Gasteiger partial charge in [-0.05, 0) is 83.4 Å². The van der Waals surface area contributed by atoms with E-state index in [1.165, 1.54) is 6.07 Å². The number of hydrogen-bond acceptors (Lipinski definition) is 4. The highest BCUT2D eigenvalue weighted by atomic mass is 32.2. The van der Waals surface area contributed by atoms with E-state index in [-0.39, 0.29) is 17.5 Å². The first-order valence-electron chi connectivity index (χ1n) is 10.9. The maximum Gasteiger partial charge on any atom is 0.256 e. The zero-order valence-corrected chi connectivity index (χ0v) is 19.0. The van der Waals surface area contributed by atoms with Gasteiger partial charge in [0.2, 0.25) is 10.0 Å². The molecule has 0 aromatic heterocycles. The first-order valence-corrected chi connectivity index (χ1v) is 12.4. The molecule has 8 heteroatoms. The molecule has 1 aliphatic carbocycles. The van der Waals surface area contributed by atoms with Crippen LogP contribution >= 0.6 is 0 Å². The second kappa shape index (κ2) is 9.22. The molecule has 1 amide bonds. The average molecular weight is 440 g/mol. The zero-order chi connectivity index (χ0) is 21.9. The Morgan fingerprint density at radius 3 is 2.37 bits per heavy atom. The van der Waals surface area contributed by atoms with Gasteiger partial charge >= 0.3 is 0 Å². The topological polar surface area (TPSA) is 78.5 Å². The van der Waals surface area contributed by atoms with E-state index in [4.69, 9.17) is 0 Å². The summed E-state index contributed by atoms with van der Waals surface area (Å²) < 4.78 is 40.9. The monoisotopic (exact) mass is 439 g/mol. The van der Waals surface area contributed by atoms with Gasteiger partial charge in [0.25, 0.3) is 5.91 Å². The maximum absolute atomic E-state index is 14.2. The standard InChI is InChI=1S/C22H34FN3O3S/c1-22(2,3)30(28,29)25-17-8-6-16(7-9-17)15-24-18-10-11-20(23)19(14-18)21(27)26-12-4-5-13-26/h10-11,14,16-17,24-25H,4-9,12-13,15H2,1-3H3/t16-,17-. The quantitative estimate of drug-likeness (QED) is 0.708. The molecule has 0 spiro atoms. The lowest BCUT2D eigenvalue weighted by molar-refractivity contribution is 0.0788. The van der Waals surface area contributed by atoms with Crippen LogP contribution in [0.5, 0.6) is 0 Å². The molecule has 0 unspecified atom stereocenters. The highest BCUT2D eigenvalue weighted by Crippen LogP contribution is 2.27. The van der Waals surface area contributed by atoms with Crippen molar-refractivity contribution in [2.75, 3.05) is 25.0 Å². The third-order valence-corrected chi connectivity index (χ3v) is 8.42. The Hall–Kier alpha value is -1.67. The normalized spacial score (nSPS) is 22.9. The second-order valence-corrected chi connectivity index (χ2v) is 12.0. The van der Waals surface area contributed by atoms with Gasteiger partial charge in [-0.25, -0.2) is 17.5 Å². The summed E-state index contributed by atoms with van der Waals surface area (Å²) in [6.07, 6.45) is 5.41. The molecule has 1 aromatic rings. The van der Waals surface area contributed by atoms with Crippen molar-refractivity contribution >= 4 is 21.6 Å². The van der Waals surface area contributed by atoms with Crippen LogP contribution in [0.3, 0.4) is 0 Å². The molecule has 2 aliphatic rings. The number of benzene rings is 1. The predicted molar refractivity (Wildman–Crippen MR) is 118 cm³/mol. The third kappa shape index (κ3) is 5.52. The molecule has 30 heavy (non-hydrogen) atoms. The molecule has 1 aliphatic heterocycles. The van der Waals surface area contributed by atoms with Crippen molar-refractivity contribution in [1.82, 2.24) is 9.62 Å². The first-order chi connectivity index (χ1) is 14.1. The number of sulfonamides is 1. The van der Waals surface area contributed by atoms with E-state index in [9.17, 15) is 17.6 Å². The number of rotatable bonds is 6. The van der Waals surface area contributed by atoms with E-state index in [0.29, 0.717) is 19.0 Å². The Kier molecular flexibility index (Phi) is 7.07. The van der Waals surface area contributed by atoms with Crippen LogP contribution in [0.2, 0.25) is 0 Å². The number of hydrogen-bond donors (Lipinski definition) is 2. The fourth-order valence-corrected chi connectivity index (χ4v) is 5.06. The van der Waals surface area contributed by atoms with Gasteiger partial charge in [-0.15, -0.1) is 0 Å². The van der Waals surface area contributed by atoms with Crippen molar-refractivity contribution in [3.63, 3.8) is 0 Å². The summed E-state index contributed by atoms with van der Waals surface area (Å²) in [5.41, 5.74) is 0.872. The molecule has 0 atom stereocenters. The van der Waals surface area contributed by atoms with E-state index < -0.39 is 20.6 Å². The molecule has 0 radical (unpaired) electrons. The lowest BCUT2D eigenvalue weighted by atomic mass is 9.86. The van der Waals surface area contributed by atoms with E-state index in [0.717, 1.165) is 50.8 Å². The molecule has 1 aromatic carbocycles. The molecular weight excluding hydrogens is 405 g/mol. The Morgan fingerprint density at radius 1 is 1.13 bits per heavy atom. The average Bonchev–Trinajstić information content (AvgIpc) is 3.21. The number of carbonyl (C=O) groups excluding carboxylic acids is 1. The van der Waals surface area contributed by atoms with Crippen LogP contribution in [0, 0.1) is 11.7 Å². The summed E-state index contributed by atoms with van der Waals surface area (Å²) in [6.45, 7) is 7.22. The molecule has 1 heterocycles. The minimum absolute atomic E-state index is 0.0130. The number of anilines is 1. The molecule has 168 valence electrons. The number of carbonyl (C=O) groups is 1. The fraction of sp³-hybridized carbons (Fsp3) is 0.682. The van der Waals surface area contributed by atoms with Crippen molar-refractivity contribution in [1.29, 1.82) is 0 Å². The highest BCUT2D eigenvalue weighted by molar-refractivity contribution is 7.90. The molecule has 2 fully saturated rings. The van der Waals surface area contributed by atoms with Gasteiger partial charge in [0.05, 0.1) is 10.3 Å². The molecular formula is C22H34FN3O3S. The largest absolute Gasteiger partial charge is 0.385 e. The summed E-state index contributed by atoms with van der Waals surface area (Å²) in [5.74, 6) is -0.299. The Bertz CT molecular complexity index is 853. The predicted octanol–water partition coefficient (Wildman–Crippen LogP) is 3.75. The van der Waals surface area contributed by atoms with E-state index >= 15 is 0 Å². The summed E-state index contributed by atoms with van der Waals surface area (Å²) >= 11 is 0. The van der Waals surface area contributed by atoms with Gasteiger partial charge in [0, 0.05) is 31.4 Å². The van der Waals surface area contributed by atoms with Crippen LogP contribution in [0.4, 0.5) is 10.1 Å². The Balaban J connectivity index is 1.51. The van der Waals surface area contributed by atoms with Gasteiger partial charge < -0.3 is 10.2 Å². The Labute approximate surface area is 179 Å². The molecule has 6 nitrogen and oxygen atoms in total. The molecule has 3 rings (SSSR count). The smallest absolute Gasteiger partial charge is 0.256 e. The summed E-state index contributed by atoms with van der Waals surface area (Å²) in [6, 6.07) is 4.61. The minimum Gasteiger partial charge on any atom is -0.385 e. The van der Waals surface area contributed by atoms with E-state index in [1.54, 1.807) is 37.8 Å². The van der Waals surface area contributed by atoms with Crippen LogP contribution in [0.15, 0.2) is 18.2 Å².